The van der Waals surface area contributed by atoms with Crippen molar-refractivity contribution >= 4 is 17.5 Å². The van der Waals surface area contributed by atoms with E-state index in [9.17, 15) is 9.59 Å². The highest BCUT2D eigenvalue weighted by Crippen LogP contribution is 2.29. The standard InChI is InChI=1S/C27H28N2O3/c1-19-5-3-6-23(17-19)27(31)29-16-4-7-21-18-22(10-13-25(21)29)26(30)28-15-14-20-8-11-24(32-2)12-9-20/h3,5-6,8-13,17-18H,4,7,14-16H2,1-2H3,(H,28,30). The van der Waals surface area contributed by atoms with Gasteiger partial charge in [0.05, 0.1) is 7.11 Å². The molecule has 0 spiro atoms. The van der Waals surface area contributed by atoms with Crippen LogP contribution < -0.4 is 15.0 Å². The number of hydrogen-bond donors (Lipinski definition) is 1. The van der Waals surface area contributed by atoms with Gasteiger partial charge in [0.2, 0.25) is 0 Å². The molecule has 1 aliphatic heterocycles. The van der Waals surface area contributed by atoms with Gasteiger partial charge in [-0.15, -0.1) is 0 Å². The predicted molar refractivity (Wildman–Crippen MR) is 127 cm³/mol. The van der Waals surface area contributed by atoms with Gasteiger partial charge in [0.1, 0.15) is 5.75 Å². The van der Waals surface area contributed by atoms with Crippen molar-refractivity contribution in [2.75, 3.05) is 25.1 Å². The molecule has 0 atom stereocenters. The van der Waals surface area contributed by atoms with Crippen molar-refractivity contribution < 1.29 is 14.3 Å². The van der Waals surface area contributed by atoms with Crippen LogP contribution in [0.15, 0.2) is 66.7 Å². The minimum absolute atomic E-state index is 0.00587. The van der Waals surface area contributed by atoms with Gasteiger partial charge in [0.15, 0.2) is 0 Å². The maximum atomic E-state index is 13.1. The van der Waals surface area contributed by atoms with Crippen molar-refractivity contribution in [3.05, 3.63) is 94.5 Å². The van der Waals surface area contributed by atoms with E-state index in [2.05, 4.69) is 5.32 Å². The van der Waals surface area contributed by atoms with Gasteiger partial charge in [0, 0.05) is 29.9 Å². The third-order valence-electron chi connectivity index (χ3n) is 5.83. The molecule has 1 aliphatic rings. The summed E-state index contributed by atoms with van der Waals surface area (Å²) in [5.74, 6) is 0.733. The van der Waals surface area contributed by atoms with Crippen molar-refractivity contribution in [1.82, 2.24) is 5.32 Å². The molecule has 3 aromatic carbocycles. The number of anilines is 1. The molecule has 5 nitrogen and oxygen atoms in total. The fraction of sp³-hybridized carbons (Fsp3) is 0.259. The minimum atomic E-state index is -0.0940. The van der Waals surface area contributed by atoms with Gasteiger partial charge in [-0.2, -0.15) is 0 Å². The van der Waals surface area contributed by atoms with Gasteiger partial charge in [-0.1, -0.05) is 29.8 Å². The molecule has 0 radical (unpaired) electrons. The molecule has 2 amide bonds. The molecule has 0 aromatic heterocycles. The minimum Gasteiger partial charge on any atom is -0.497 e. The number of methoxy groups -OCH3 is 1. The highest BCUT2D eigenvalue weighted by molar-refractivity contribution is 6.07. The molecule has 0 aliphatic carbocycles. The van der Waals surface area contributed by atoms with E-state index in [1.54, 1.807) is 7.11 Å². The number of ether oxygens (including phenoxy) is 1. The first-order valence-corrected chi connectivity index (χ1v) is 11.0. The Kier molecular flexibility index (Phi) is 6.55. The highest BCUT2D eigenvalue weighted by Gasteiger charge is 2.24. The van der Waals surface area contributed by atoms with E-state index in [1.165, 1.54) is 0 Å². The quantitative estimate of drug-likeness (QED) is 0.626. The van der Waals surface area contributed by atoms with Crippen molar-refractivity contribution in [1.29, 1.82) is 0 Å². The fourth-order valence-corrected chi connectivity index (χ4v) is 4.10. The average molecular weight is 429 g/mol. The molecule has 0 unspecified atom stereocenters. The van der Waals surface area contributed by atoms with Gasteiger partial charge in [-0.05, 0) is 79.8 Å². The second kappa shape index (κ2) is 9.69. The Bertz CT molecular complexity index is 1120. The third-order valence-corrected chi connectivity index (χ3v) is 5.83. The van der Waals surface area contributed by atoms with Gasteiger partial charge < -0.3 is 15.0 Å². The van der Waals surface area contributed by atoms with Gasteiger partial charge in [-0.3, -0.25) is 9.59 Å². The van der Waals surface area contributed by atoms with Crippen LogP contribution in [0.25, 0.3) is 0 Å². The largest absolute Gasteiger partial charge is 0.497 e. The van der Waals surface area contributed by atoms with Crippen molar-refractivity contribution in [3.63, 3.8) is 0 Å². The summed E-state index contributed by atoms with van der Waals surface area (Å²) in [6, 6.07) is 21.2. The maximum Gasteiger partial charge on any atom is 0.258 e. The normalized spacial score (nSPS) is 12.8. The molecule has 0 fully saturated rings. The lowest BCUT2D eigenvalue weighted by atomic mass is 9.98. The topological polar surface area (TPSA) is 58.6 Å². The zero-order valence-electron chi connectivity index (χ0n) is 18.6. The van der Waals surface area contributed by atoms with E-state index in [1.807, 2.05) is 78.6 Å². The molecule has 3 aromatic rings. The number of benzene rings is 3. The molecule has 1 N–H and O–H groups in total. The molecule has 164 valence electrons. The summed E-state index contributed by atoms with van der Waals surface area (Å²) in [6.45, 7) is 3.23. The smallest absolute Gasteiger partial charge is 0.258 e. The Morgan fingerprint density at radius 3 is 2.56 bits per heavy atom. The SMILES string of the molecule is COc1ccc(CCNC(=O)c2ccc3c(c2)CCCN3C(=O)c2cccc(C)c2)cc1. The average Bonchev–Trinajstić information content (AvgIpc) is 2.83. The lowest BCUT2D eigenvalue weighted by Gasteiger charge is -2.30. The van der Waals surface area contributed by atoms with Crippen LogP contribution in [0.1, 0.15) is 43.8 Å². The molecular formula is C27H28N2O3. The first-order valence-electron chi connectivity index (χ1n) is 11.0. The molecule has 5 heteroatoms. The molecule has 0 bridgehead atoms. The monoisotopic (exact) mass is 428 g/mol. The van der Waals surface area contributed by atoms with E-state index < -0.39 is 0 Å². The van der Waals surface area contributed by atoms with Crippen molar-refractivity contribution in [3.8, 4) is 5.75 Å². The molecule has 4 rings (SSSR count). The lowest BCUT2D eigenvalue weighted by molar-refractivity contribution is 0.0953. The number of nitrogens with one attached hydrogen (secondary N) is 1. The second-order valence-corrected chi connectivity index (χ2v) is 8.13. The summed E-state index contributed by atoms with van der Waals surface area (Å²) < 4.78 is 5.17. The number of amides is 2. The first-order chi connectivity index (χ1) is 15.5. The van der Waals surface area contributed by atoms with E-state index in [-0.39, 0.29) is 11.8 Å². The highest BCUT2D eigenvalue weighted by atomic mass is 16.5. The van der Waals surface area contributed by atoms with Crippen LogP contribution in [0.5, 0.6) is 5.75 Å². The van der Waals surface area contributed by atoms with E-state index >= 15 is 0 Å². The summed E-state index contributed by atoms with van der Waals surface area (Å²) in [5.41, 5.74) is 5.47. The second-order valence-electron chi connectivity index (χ2n) is 8.13. The molecule has 1 heterocycles. The Balaban J connectivity index is 1.42. The summed E-state index contributed by atoms with van der Waals surface area (Å²) in [4.78, 5) is 27.6. The number of carbonyl (C=O) groups is 2. The number of rotatable bonds is 6. The van der Waals surface area contributed by atoms with Crippen LogP contribution in [-0.2, 0) is 12.8 Å². The zero-order valence-corrected chi connectivity index (χ0v) is 18.6. The number of aryl methyl sites for hydroxylation is 2. The Labute approximate surface area is 189 Å². The van der Waals surface area contributed by atoms with Crippen molar-refractivity contribution in [2.45, 2.75) is 26.2 Å². The third kappa shape index (κ3) is 4.83. The number of fused-ring (bicyclic) bond motifs is 1. The van der Waals surface area contributed by atoms with E-state index in [0.29, 0.717) is 24.2 Å². The summed E-state index contributed by atoms with van der Waals surface area (Å²) >= 11 is 0. The van der Waals surface area contributed by atoms with Crippen molar-refractivity contribution in [2.24, 2.45) is 0 Å². The Hall–Kier alpha value is -3.60. The van der Waals surface area contributed by atoms with Gasteiger partial charge in [0.25, 0.3) is 11.8 Å². The predicted octanol–water partition coefficient (Wildman–Crippen LogP) is 4.57. The Morgan fingerprint density at radius 2 is 1.81 bits per heavy atom. The van der Waals surface area contributed by atoms with Gasteiger partial charge >= 0.3 is 0 Å². The van der Waals surface area contributed by atoms with Crippen LogP contribution >= 0.6 is 0 Å². The van der Waals surface area contributed by atoms with Crippen LogP contribution in [0.2, 0.25) is 0 Å². The molecular weight excluding hydrogens is 400 g/mol. The number of hydrogen-bond acceptors (Lipinski definition) is 3. The summed E-state index contributed by atoms with van der Waals surface area (Å²) in [5, 5.41) is 3.00. The number of carbonyl (C=O) groups excluding carboxylic acids is 2. The van der Waals surface area contributed by atoms with Crippen LogP contribution in [0.4, 0.5) is 5.69 Å². The van der Waals surface area contributed by atoms with Crippen LogP contribution in [0.3, 0.4) is 0 Å². The van der Waals surface area contributed by atoms with Crippen LogP contribution in [-0.4, -0.2) is 32.0 Å². The van der Waals surface area contributed by atoms with Crippen LogP contribution in [0, 0.1) is 6.92 Å². The maximum absolute atomic E-state index is 13.1. The van der Waals surface area contributed by atoms with E-state index in [4.69, 9.17) is 4.74 Å². The summed E-state index contributed by atoms with van der Waals surface area (Å²) in [6.07, 6.45) is 2.49. The van der Waals surface area contributed by atoms with E-state index in [0.717, 1.165) is 47.4 Å². The lowest BCUT2D eigenvalue weighted by Crippen LogP contribution is -2.35. The molecule has 0 saturated carbocycles. The van der Waals surface area contributed by atoms with Gasteiger partial charge in [-0.25, -0.2) is 0 Å². The first kappa shape index (κ1) is 21.6. The Morgan fingerprint density at radius 1 is 1.00 bits per heavy atom. The fourth-order valence-electron chi connectivity index (χ4n) is 4.10. The number of nitrogens with zero attached hydrogens (tertiary/aromatic N) is 1. The molecule has 0 saturated heterocycles. The zero-order chi connectivity index (χ0) is 22.5. The molecule has 32 heavy (non-hydrogen) atoms. The summed E-state index contributed by atoms with van der Waals surface area (Å²) in [7, 11) is 1.64.